The summed E-state index contributed by atoms with van der Waals surface area (Å²) >= 11 is 6.41. The van der Waals surface area contributed by atoms with E-state index in [1.807, 2.05) is 0 Å². The first-order valence-electron chi connectivity index (χ1n) is 7.23. The molecule has 6 nitrogen and oxygen atoms in total. The largest absolute Gasteiger partial charge is 0.506 e. The van der Waals surface area contributed by atoms with Gasteiger partial charge in [-0.15, -0.1) is 0 Å². The highest BCUT2D eigenvalue weighted by Gasteiger charge is 2.14. The summed E-state index contributed by atoms with van der Waals surface area (Å²) in [5.41, 5.74) is 0.815. The predicted octanol–water partition coefficient (Wildman–Crippen LogP) is 4.49. The fourth-order valence-corrected chi connectivity index (χ4v) is 3.12. The molecule has 0 aliphatic heterocycles. The van der Waals surface area contributed by atoms with Crippen LogP contribution < -0.4 is 14.8 Å². The number of rotatable bonds is 5. The van der Waals surface area contributed by atoms with Crippen molar-refractivity contribution in [1.82, 2.24) is 0 Å². The van der Waals surface area contributed by atoms with Gasteiger partial charge >= 0.3 is 5.97 Å². The minimum Gasteiger partial charge on any atom is -0.506 e. The van der Waals surface area contributed by atoms with Crippen LogP contribution in [0.4, 0.5) is 5.69 Å². The van der Waals surface area contributed by atoms with E-state index < -0.39 is 5.97 Å². The van der Waals surface area contributed by atoms with Crippen molar-refractivity contribution < 1.29 is 24.2 Å². The van der Waals surface area contributed by atoms with Gasteiger partial charge in [0.25, 0.3) is 5.91 Å². The molecule has 0 atom stereocenters. The van der Waals surface area contributed by atoms with Crippen LogP contribution in [0.1, 0.15) is 23.7 Å². The van der Waals surface area contributed by atoms with E-state index in [0.29, 0.717) is 20.2 Å². The summed E-state index contributed by atoms with van der Waals surface area (Å²) in [7, 11) is 1.43. The molecular formula is C17H15Br2NO5. The molecule has 0 aliphatic rings. The quantitative estimate of drug-likeness (QED) is 0.380. The topological polar surface area (TPSA) is 84.9 Å². The number of phenols is 1. The number of hydrogen-bond donors (Lipinski definition) is 2. The van der Waals surface area contributed by atoms with Crippen LogP contribution in [0.5, 0.6) is 17.2 Å². The molecule has 0 saturated carbocycles. The molecule has 2 N–H and O–H groups in total. The van der Waals surface area contributed by atoms with Crippen LogP contribution in [-0.4, -0.2) is 24.1 Å². The zero-order chi connectivity index (χ0) is 18.6. The SMILES string of the molecule is CCC(=O)Oc1ccc(C(=O)Nc2cc(Br)c(O)c(Br)c2)cc1OC. The van der Waals surface area contributed by atoms with Crippen LogP contribution in [0.15, 0.2) is 39.3 Å². The smallest absolute Gasteiger partial charge is 0.311 e. The maximum atomic E-state index is 12.4. The Kier molecular flexibility index (Phi) is 6.44. The summed E-state index contributed by atoms with van der Waals surface area (Å²) in [5, 5.41) is 12.4. The number of aromatic hydroxyl groups is 1. The monoisotopic (exact) mass is 471 g/mol. The lowest BCUT2D eigenvalue weighted by molar-refractivity contribution is -0.134. The Balaban J connectivity index is 2.23. The lowest BCUT2D eigenvalue weighted by Gasteiger charge is -2.11. The first kappa shape index (κ1) is 19.3. The van der Waals surface area contributed by atoms with Crippen LogP contribution >= 0.6 is 31.9 Å². The van der Waals surface area contributed by atoms with E-state index in [1.165, 1.54) is 25.3 Å². The van der Waals surface area contributed by atoms with E-state index >= 15 is 0 Å². The number of halogens is 2. The van der Waals surface area contributed by atoms with Gasteiger partial charge in [0.15, 0.2) is 11.5 Å². The number of carbonyl (C=O) groups excluding carboxylic acids is 2. The molecule has 0 heterocycles. The molecule has 0 aliphatic carbocycles. The summed E-state index contributed by atoms with van der Waals surface area (Å²) in [6.45, 7) is 1.69. The fraction of sp³-hybridized carbons (Fsp3) is 0.176. The number of amides is 1. The molecule has 0 aromatic heterocycles. The van der Waals surface area contributed by atoms with Gasteiger partial charge in [-0.3, -0.25) is 9.59 Å². The van der Waals surface area contributed by atoms with E-state index in [1.54, 1.807) is 19.1 Å². The number of nitrogens with one attached hydrogen (secondary N) is 1. The van der Waals surface area contributed by atoms with Crippen LogP contribution in [0.25, 0.3) is 0 Å². The molecule has 0 bridgehead atoms. The Morgan fingerprint density at radius 2 is 1.76 bits per heavy atom. The van der Waals surface area contributed by atoms with Crippen LogP contribution in [0.2, 0.25) is 0 Å². The molecule has 8 heteroatoms. The normalized spacial score (nSPS) is 10.2. The number of anilines is 1. The van der Waals surface area contributed by atoms with E-state index in [2.05, 4.69) is 37.2 Å². The molecule has 2 rings (SSSR count). The standard InChI is InChI=1S/C17H15Br2NO5/c1-3-15(21)25-13-5-4-9(6-14(13)24-2)17(23)20-10-7-11(18)16(22)12(19)8-10/h4-8,22H,3H2,1-2H3,(H,20,23). The van der Waals surface area contributed by atoms with Crippen molar-refractivity contribution >= 4 is 49.4 Å². The molecule has 132 valence electrons. The summed E-state index contributed by atoms with van der Waals surface area (Å²) in [4.78, 5) is 23.8. The summed E-state index contributed by atoms with van der Waals surface area (Å²) in [5.74, 6) is -0.198. The van der Waals surface area contributed by atoms with E-state index in [0.717, 1.165) is 0 Å². The Labute approximate surface area is 161 Å². The molecule has 0 spiro atoms. The highest BCUT2D eigenvalue weighted by molar-refractivity contribution is 9.11. The molecule has 0 fully saturated rings. The van der Waals surface area contributed by atoms with Gasteiger partial charge < -0.3 is 19.9 Å². The highest BCUT2D eigenvalue weighted by Crippen LogP contribution is 2.35. The number of hydrogen-bond acceptors (Lipinski definition) is 5. The van der Waals surface area contributed by atoms with Crippen molar-refractivity contribution in [2.45, 2.75) is 13.3 Å². The van der Waals surface area contributed by atoms with Gasteiger partial charge in [0.1, 0.15) is 5.75 Å². The van der Waals surface area contributed by atoms with E-state index in [9.17, 15) is 14.7 Å². The molecule has 2 aromatic rings. The van der Waals surface area contributed by atoms with Gasteiger partial charge in [-0.05, 0) is 62.2 Å². The minimum atomic E-state index is -0.394. The number of methoxy groups -OCH3 is 1. The van der Waals surface area contributed by atoms with Gasteiger partial charge in [-0.2, -0.15) is 0 Å². The van der Waals surface area contributed by atoms with Crippen LogP contribution in [-0.2, 0) is 4.79 Å². The third-order valence-corrected chi connectivity index (χ3v) is 4.42. The average molecular weight is 473 g/mol. The van der Waals surface area contributed by atoms with Gasteiger partial charge in [0.2, 0.25) is 0 Å². The van der Waals surface area contributed by atoms with Gasteiger partial charge in [0.05, 0.1) is 16.1 Å². The van der Waals surface area contributed by atoms with Crippen molar-refractivity contribution in [3.63, 3.8) is 0 Å². The molecule has 0 unspecified atom stereocenters. The van der Waals surface area contributed by atoms with Gasteiger partial charge in [0, 0.05) is 17.7 Å². The number of carbonyl (C=O) groups is 2. The van der Waals surface area contributed by atoms with E-state index in [-0.39, 0.29) is 29.6 Å². The lowest BCUT2D eigenvalue weighted by atomic mass is 10.1. The second kappa shape index (κ2) is 8.35. The number of ether oxygens (including phenoxy) is 2. The Morgan fingerprint density at radius 3 is 2.32 bits per heavy atom. The second-order valence-corrected chi connectivity index (χ2v) is 6.64. The maximum Gasteiger partial charge on any atom is 0.311 e. The Bertz CT molecular complexity index is 800. The molecule has 1 amide bonds. The van der Waals surface area contributed by atoms with Gasteiger partial charge in [-0.1, -0.05) is 6.92 Å². The summed E-state index contributed by atoms with van der Waals surface area (Å²) < 4.78 is 11.2. The molecule has 25 heavy (non-hydrogen) atoms. The first-order chi connectivity index (χ1) is 11.8. The second-order valence-electron chi connectivity index (χ2n) is 4.94. The number of benzene rings is 2. The van der Waals surface area contributed by atoms with E-state index in [4.69, 9.17) is 9.47 Å². The fourth-order valence-electron chi connectivity index (χ4n) is 1.93. The molecule has 0 radical (unpaired) electrons. The third kappa shape index (κ3) is 4.73. The Morgan fingerprint density at radius 1 is 1.12 bits per heavy atom. The predicted molar refractivity (Wildman–Crippen MR) is 100 cm³/mol. The van der Waals surface area contributed by atoms with Crippen molar-refractivity contribution in [2.75, 3.05) is 12.4 Å². The van der Waals surface area contributed by atoms with Crippen molar-refractivity contribution in [3.8, 4) is 17.2 Å². The molecule has 0 saturated heterocycles. The number of phenolic OH excluding ortho intramolecular Hbond substituents is 1. The third-order valence-electron chi connectivity index (χ3n) is 3.21. The molecular weight excluding hydrogens is 458 g/mol. The summed E-state index contributed by atoms with van der Waals surface area (Å²) in [6, 6.07) is 7.67. The Hall–Kier alpha value is -2.06. The summed E-state index contributed by atoms with van der Waals surface area (Å²) in [6.07, 6.45) is 0.232. The number of esters is 1. The zero-order valence-corrected chi connectivity index (χ0v) is 16.6. The minimum absolute atomic E-state index is 0.0433. The zero-order valence-electron chi connectivity index (χ0n) is 13.4. The van der Waals surface area contributed by atoms with Crippen LogP contribution in [0, 0.1) is 0 Å². The van der Waals surface area contributed by atoms with Crippen LogP contribution in [0.3, 0.4) is 0 Å². The van der Waals surface area contributed by atoms with Crippen molar-refractivity contribution in [3.05, 3.63) is 44.8 Å². The maximum absolute atomic E-state index is 12.4. The molecule has 2 aromatic carbocycles. The first-order valence-corrected chi connectivity index (χ1v) is 8.82. The van der Waals surface area contributed by atoms with Crippen molar-refractivity contribution in [2.24, 2.45) is 0 Å². The van der Waals surface area contributed by atoms with Gasteiger partial charge in [-0.25, -0.2) is 0 Å². The average Bonchev–Trinajstić information content (AvgIpc) is 2.59. The van der Waals surface area contributed by atoms with Crippen molar-refractivity contribution in [1.29, 1.82) is 0 Å². The lowest BCUT2D eigenvalue weighted by Crippen LogP contribution is -2.13. The highest BCUT2D eigenvalue weighted by atomic mass is 79.9.